The van der Waals surface area contributed by atoms with E-state index in [0.29, 0.717) is 17.7 Å². The van der Waals surface area contributed by atoms with Gasteiger partial charge in [-0.05, 0) is 36.6 Å². The Morgan fingerprint density at radius 1 is 1.16 bits per heavy atom. The number of benzene rings is 2. The SMILES string of the molecule is COC(=O)CCC(NC(=O)c1cc(N)ccc1C)c1ccccc1.Cl. The molecule has 0 aromatic heterocycles. The van der Waals surface area contributed by atoms with Crippen molar-refractivity contribution in [1.82, 2.24) is 5.32 Å². The van der Waals surface area contributed by atoms with Crippen molar-refractivity contribution < 1.29 is 14.3 Å². The molecule has 134 valence electrons. The van der Waals surface area contributed by atoms with Crippen LogP contribution >= 0.6 is 12.4 Å². The number of nitrogens with two attached hydrogens (primary N) is 1. The van der Waals surface area contributed by atoms with Crippen LogP contribution in [0.3, 0.4) is 0 Å². The van der Waals surface area contributed by atoms with Crippen LogP contribution < -0.4 is 11.1 Å². The number of methoxy groups -OCH3 is 1. The summed E-state index contributed by atoms with van der Waals surface area (Å²) < 4.78 is 4.69. The van der Waals surface area contributed by atoms with Crippen LogP contribution in [0, 0.1) is 6.92 Å². The van der Waals surface area contributed by atoms with E-state index in [0.717, 1.165) is 11.1 Å². The van der Waals surface area contributed by atoms with Crippen molar-refractivity contribution >= 4 is 30.0 Å². The predicted octanol–water partition coefficient (Wildman–Crippen LogP) is 3.42. The number of hydrogen-bond acceptors (Lipinski definition) is 4. The Bertz CT molecular complexity index is 720. The number of anilines is 1. The molecule has 0 bridgehead atoms. The van der Waals surface area contributed by atoms with E-state index in [9.17, 15) is 9.59 Å². The number of ether oxygens (including phenoxy) is 1. The van der Waals surface area contributed by atoms with Gasteiger partial charge in [0.25, 0.3) is 5.91 Å². The summed E-state index contributed by atoms with van der Waals surface area (Å²) in [6.07, 6.45) is 0.691. The number of esters is 1. The number of halogens is 1. The molecule has 2 aromatic rings. The molecule has 1 unspecified atom stereocenters. The fourth-order valence-electron chi connectivity index (χ4n) is 2.49. The third-order valence-electron chi connectivity index (χ3n) is 3.88. The number of carbonyl (C=O) groups excluding carboxylic acids is 2. The van der Waals surface area contributed by atoms with Gasteiger partial charge in [0.15, 0.2) is 0 Å². The summed E-state index contributed by atoms with van der Waals surface area (Å²) in [5, 5.41) is 2.99. The monoisotopic (exact) mass is 362 g/mol. The number of rotatable bonds is 6. The summed E-state index contributed by atoms with van der Waals surface area (Å²) in [6, 6.07) is 14.5. The van der Waals surface area contributed by atoms with E-state index in [1.165, 1.54) is 7.11 Å². The van der Waals surface area contributed by atoms with Gasteiger partial charge >= 0.3 is 5.97 Å². The minimum atomic E-state index is -0.301. The van der Waals surface area contributed by atoms with Gasteiger partial charge in [-0.1, -0.05) is 36.4 Å². The van der Waals surface area contributed by atoms with Crippen molar-refractivity contribution in [3.8, 4) is 0 Å². The molecule has 3 N–H and O–H groups in total. The Morgan fingerprint density at radius 3 is 2.48 bits per heavy atom. The fraction of sp³-hybridized carbons (Fsp3) is 0.263. The molecule has 0 heterocycles. The molecule has 0 saturated carbocycles. The molecular formula is C19H23ClN2O3. The maximum Gasteiger partial charge on any atom is 0.305 e. The number of hydrogen-bond donors (Lipinski definition) is 2. The first kappa shape index (κ1) is 20.5. The van der Waals surface area contributed by atoms with Crippen LogP contribution in [0.1, 0.15) is 40.4 Å². The summed E-state index contributed by atoms with van der Waals surface area (Å²) in [6.45, 7) is 1.86. The Morgan fingerprint density at radius 2 is 1.84 bits per heavy atom. The van der Waals surface area contributed by atoms with Crippen LogP contribution in [0.15, 0.2) is 48.5 Å². The topological polar surface area (TPSA) is 81.4 Å². The van der Waals surface area contributed by atoms with Crippen LogP contribution in [-0.2, 0) is 9.53 Å². The molecule has 5 nitrogen and oxygen atoms in total. The standard InChI is InChI=1S/C19H22N2O3.ClH/c1-13-8-9-15(20)12-16(13)19(23)21-17(10-11-18(22)24-2)14-6-4-3-5-7-14;/h3-9,12,17H,10-11,20H2,1-2H3,(H,21,23);1H. The molecule has 0 fully saturated rings. The van der Waals surface area contributed by atoms with Crippen molar-refractivity contribution in [1.29, 1.82) is 0 Å². The smallest absolute Gasteiger partial charge is 0.305 e. The summed E-state index contributed by atoms with van der Waals surface area (Å²) in [7, 11) is 1.36. The van der Waals surface area contributed by atoms with Gasteiger partial charge in [0, 0.05) is 17.7 Å². The van der Waals surface area contributed by atoms with Gasteiger partial charge in [-0.25, -0.2) is 0 Å². The van der Waals surface area contributed by atoms with Crippen molar-refractivity contribution in [3.05, 3.63) is 65.2 Å². The van der Waals surface area contributed by atoms with Gasteiger partial charge in [-0.3, -0.25) is 9.59 Å². The first-order valence-electron chi connectivity index (χ1n) is 7.80. The van der Waals surface area contributed by atoms with Crippen molar-refractivity contribution in [2.75, 3.05) is 12.8 Å². The second-order valence-electron chi connectivity index (χ2n) is 5.63. The van der Waals surface area contributed by atoms with Gasteiger partial charge in [-0.2, -0.15) is 0 Å². The first-order chi connectivity index (χ1) is 11.5. The Kier molecular flexibility index (Phi) is 7.95. The van der Waals surface area contributed by atoms with Gasteiger partial charge in [-0.15, -0.1) is 12.4 Å². The molecule has 1 amide bonds. The highest BCUT2D eigenvalue weighted by molar-refractivity contribution is 5.96. The molecule has 2 aromatic carbocycles. The van der Waals surface area contributed by atoms with Crippen LogP contribution in [0.2, 0.25) is 0 Å². The van der Waals surface area contributed by atoms with Crippen LogP contribution in [0.5, 0.6) is 0 Å². The highest BCUT2D eigenvalue weighted by Gasteiger charge is 2.18. The molecule has 0 saturated heterocycles. The third kappa shape index (κ3) is 5.80. The van der Waals surface area contributed by atoms with Crippen molar-refractivity contribution in [3.63, 3.8) is 0 Å². The zero-order valence-corrected chi connectivity index (χ0v) is 15.1. The molecule has 0 radical (unpaired) electrons. The maximum atomic E-state index is 12.6. The van der Waals surface area contributed by atoms with Crippen LogP contribution in [-0.4, -0.2) is 19.0 Å². The number of nitrogen functional groups attached to an aromatic ring is 1. The predicted molar refractivity (Wildman–Crippen MR) is 101 cm³/mol. The summed E-state index contributed by atoms with van der Waals surface area (Å²) in [5.41, 5.74) is 8.65. The normalized spacial score (nSPS) is 11.1. The fourth-order valence-corrected chi connectivity index (χ4v) is 2.49. The lowest BCUT2D eigenvalue weighted by Gasteiger charge is -2.19. The average molecular weight is 363 g/mol. The van der Waals surface area contributed by atoms with E-state index in [4.69, 9.17) is 10.5 Å². The summed E-state index contributed by atoms with van der Waals surface area (Å²) in [5.74, 6) is -0.510. The molecule has 0 spiro atoms. The van der Waals surface area contributed by atoms with Crippen molar-refractivity contribution in [2.24, 2.45) is 0 Å². The van der Waals surface area contributed by atoms with E-state index in [2.05, 4.69) is 5.32 Å². The quantitative estimate of drug-likeness (QED) is 0.609. The van der Waals surface area contributed by atoms with Crippen LogP contribution in [0.25, 0.3) is 0 Å². The molecule has 0 aliphatic carbocycles. The second kappa shape index (κ2) is 9.69. The van der Waals surface area contributed by atoms with Gasteiger partial charge in [0.1, 0.15) is 0 Å². The van der Waals surface area contributed by atoms with E-state index in [1.54, 1.807) is 12.1 Å². The second-order valence-corrected chi connectivity index (χ2v) is 5.63. The Labute approximate surface area is 154 Å². The molecule has 6 heteroatoms. The van der Waals surface area contributed by atoms with E-state index in [-0.39, 0.29) is 36.7 Å². The summed E-state index contributed by atoms with van der Waals surface area (Å²) in [4.78, 5) is 24.1. The third-order valence-corrected chi connectivity index (χ3v) is 3.88. The van der Waals surface area contributed by atoms with E-state index < -0.39 is 0 Å². The first-order valence-corrected chi connectivity index (χ1v) is 7.80. The molecule has 0 aliphatic heterocycles. The minimum Gasteiger partial charge on any atom is -0.469 e. The zero-order valence-electron chi connectivity index (χ0n) is 14.3. The lowest BCUT2D eigenvalue weighted by molar-refractivity contribution is -0.140. The zero-order chi connectivity index (χ0) is 17.5. The van der Waals surface area contributed by atoms with E-state index >= 15 is 0 Å². The van der Waals surface area contributed by atoms with Gasteiger partial charge < -0.3 is 15.8 Å². The Balaban J connectivity index is 0.00000312. The van der Waals surface area contributed by atoms with Gasteiger partial charge in [0.2, 0.25) is 0 Å². The maximum absolute atomic E-state index is 12.6. The average Bonchev–Trinajstić information content (AvgIpc) is 2.60. The lowest BCUT2D eigenvalue weighted by atomic mass is 10.0. The molecule has 2 rings (SSSR count). The molecular weight excluding hydrogens is 340 g/mol. The Hall–Kier alpha value is -2.53. The number of nitrogens with one attached hydrogen (secondary N) is 1. The number of aryl methyl sites for hydroxylation is 1. The van der Waals surface area contributed by atoms with Gasteiger partial charge in [0.05, 0.1) is 13.2 Å². The largest absolute Gasteiger partial charge is 0.469 e. The number of carbonyl (C=O) groups is 2. The molecule has 1 atom stereocenters. The molecule has 25 heavy (non-hydrogen) atoms. The minimum absolute atomic E-state index is 0. The van der Waals surface area contributed by atoms with Crippen LogP contribution in [0.4, 0.5) is 5.69 Å². The molecule has 0 aliphatic rings. The van der Waals surface area contributed by atoms with E-state index in [1.807, 2.05) is 43.3 Å². The highest BCUT2D eigenvalue weighted by Crippen LogP contribution is 2.21. The number of amides is 1. The summed E-state index contributed by atoms with van der Waals surface area (Å²) >= 11 is 0. The lowest BCUT2D eigenvalue weighted by Crippen LogP contribution is -2.29. The van der Waals surface area contributed by atoms with Crippen molar-refractivity contribution in [2.45, 2.75) is 25.8 Å². The highest BCUT2D eigenvalue weighted by atomic mass is 35.5.